The highest BCUT2D eigenvalue weighted by atomic mass is 16.3. The highest BCUT2D eigenvalue weighted by Gasteiger charge is 2.34. The van der Waals surface area contributed by atoms with Gasteiger partial charge >= 0.3 is 0 Å². The summed E-state index contributed by atoms with van der Waals surface area (Å²) in [5.74, 6) is 1.42. The van der Waals surface area contributed by atoms with Gasteiger partial charge in [-0.2, -0.15) is 0 Å². The first kappa shape index (κ1) is 11.9. The summed E-state index contributed by atoms with van der Waals surface area (Å²) in [5, 5.41) is 13.7. The number of nitrogens with zero attached hydrogens (tertiary/aromatic N) is 1. The molecule has 0 radical (unpaired) electrons. The number of aliphatic hydroxyl groups is 1. The predicted molar refractivity (Wildman–Crippen MR) is 68.9 cm³/mol. The van der Waals surface area contributed by atoms with E-state index in [1.165, 1.54) is 51.7 Å². The van der Waals surface area contributed by atoms with Crippen molar-refractivity contribution >= 4 is 0 Å². The molecule has 4 fully saturated rings. The van der Waals surface area contributed by atoms with Crippen LogP contribution in [-0.2, 0) is 0 Å². The molecule has 3 atom stereocenters. The lowest BCUT2D eigenvalue weighted by Crippen LogP contribution is -2.57. The van der Waals surface area contributed by atoms with Gasteiger partial charge in [-0.1, -0.05) is 12.8 Å². The van der Waals surface area contributed by atoms with Crippen LogP contribution in [0.15, 0.2) is 0 Å². The van der Waals surface area contributed by atoms with E-state index in [2.05, 4.69) is 10.2 Å². The van der Waals surface area contributed by atoms with Gasteiger partial charge in [0.2, 0.25) is 0 Å². The van der Waals surface area contributed by atoms with Gasteiger partial charge in [0.05, 0.1) is 6.10 Å². The average molecular weight is 238 g/mol. The molecule has 3 saturated heterocycles. The molecule has 4 rings (SSSR count). The second-order valence-corrected chi connectivity index (χ2v) is 6.26. The normalized spacial score (nSPS) is 46.1. The lowest BCUT2D eigenvalue weighted by molar-refractivity contribution is 0.0462. The van der Waals surface area contributed by atoms with E-state index < -0.39 is 0 Å². The Morgan fingerprint density at radius 2 is 1.82 bits per heavy atom. The molecule has 0 aromatic heterocycles. The van der Waals surface area contributed by atoms with Crippen LogP contribution >= 0.6 is 0 Å². The van der Waals surface area contributed by atoms with Crippen molar-refractivity contribution in [3.8, 4) is 0 Å². The quantitative estimate of drug-likeness (QED) is 0.776. The minimum atomic E-state index is -0.0441. The molecule has 1 saturated carbocycles. The zero-order valence-corrected chi connectivity index (χ0v) is 10.8. The van der Waals surface area contributed by atoms with E-state index in [0.717, 1.165) is 18.9 Å². The van der Waals surface area contributed by atoms with Gasteiger partial charge in [-0.25, -0.2) is 0 Å². The minimum absolute atomic E-state index is 0.0441. The van der Waals surface area contributed by atoms with Gasteiger partial charge < -0.3 is 15.3 Å². The van der Waals surface area contributed by atoms with Crippen molar-refractivity contribution in [2.24, 2.45) is 11.8 Å². The van der Waals surface area contributed by atoms with E-state index in [-0.39, 0.29) is 6.10 Å². The maximum absolute atomic E-state index is 9.98. The third-order valence-corrected chi connectivity index (χ3v) is 5.17. The van der Waals surface area contributed by atoms with Gasteiger partial charge in [0.1, 0.15) is 0 Å². The van der Waals surface area contributed by atoms with Crippen LogP contribution in [0.2, 0.25) is 0 Å². The molecular weight excluding hydrogens is 212 g/mol. The Hall–Kier alpha value is -0.120. The monoisotopic (exact) mass is 238 g/mol. The second-order valence-electron chi connectivity index (χ2n) is 6.26. The standard InChI is InChI=1S/C14H26N2O/c17-14-4-2-1-3-12(14)9-15-13-10-16-7-5-11(13)6-8-16/h11-15,17H,1-10H2. The van der Waals surface area contributed by atoms with E-state index in [1.54, 1.807) is 0 Å². The van der Waals surface area contributed by atoms with E-state index in [9.17, 15) is 5.11 Å². The lowest BCUT2D eigenvalue weighted by atomic mass is 9.82. The molecule has 17 heavy (non-hydrogen) atoms. The van der Waals surface area contributed by atoms with E-state index in [1.807, 2.05) is 0 Å². The highest BCUT2D eigenvalue weighted by molar-refractivity contribution is 4.91. The van der Waals surface area contributed by atoms with Crippen molar-refractivity contribution in [3.05, 3.63) is 0 Å². The Kier molecular flexibility index (Phi) is 3.69. The molecule has 0 aromatic rings. The van der Waals surface area contributed by atoms with Crippen molar-refractivity contribution < 1.29 is 5.11 Å². The Balaban J connectivity index is 1.47. The van der Waals surface area contributed by atoms with Crippen molar-refractivity contribution in [3.63, 3.8) is 0 Å². The fraction of sp³-hybridized carbons (Fsp3) is 1.00. The Morgan fingerprint density at radius 3 is 2.47 bits per heavy atom. The molecule has 0 spiro atoms. The Labute approximate surface area is 105 Å². The second kappa shape index (κ2) is 5.25. The molecular formula is C14H26N2O. The number of nitrogens with one attached hydrogen (secondary N) is 1. The van der Waals surface area contributed by atoms with E-state index >= 15 is 0 Å². The van der Waals surface area contributed by atoms with Crippen LogP contribution in [-0.4, -0.2) is 48.3 Å². The Morgan fingerprint density at radius 1 is 1.06 bits per heavy atom. The van der Waals surface area contributed by atoms with Gasteiger partial charge in [-0.15, -0.1) is 0 Å². The largest absolute Gasteiger partial charge is 0.393 e. The number of rotatable bonds is 3. The first-order valence-corrected chi connectivity index (χ1v) is 7.47. The fourth-order valence-electron chi connectivity index (χ4n) is 3.93. The molecule has 2 N–H and O–H groups in total. The molecule has 3 nitrogen and oxygen atoms in total. The minimum Gasteiger partial charge on any atom is -0.393 e. The van der Waals surface area contributed by atoms with Gasteiger partial charge in [0.25, 0.3) is 0 Å². The maximum atomic E-state index is 9.98. The summed E-state index contributed by atoms with van der Waals surface area (Å²) in [6.45, 7) is 4.91. The van der Waals surface area contributed by atoms with Crippen LogP contribution in [0, 0.1) is 11.8 Å². The Bertz CT molecular complexity index is 251. The van der Waals surface area contributed by atoms with Crippen LogP contribution in [0.4, 0.5) is 0 Å². The molecule has 3 unspecified atom stereocenters. The molecule has 1 aliphatic carbocycles. The third kappa shape index (κ3) is 2.67. The van der Waals surface area contributed by atoms with Crippen LogP contribution in [0.3, 0.4) is 0 Å². The smallest absolute Gasteiger partial charge is 0.0580 e. The highest BCUT2D eigenvalue weighted by Crippen LogP contribution is 2.29. The summed E-state index contributed by atoms with van der Waals surface area (Å²) < 4.78 is 0. The van der Waals surface area contributed by atoms with E-state index in [4.69, 9.17) is 0 Å². The summed E-state index contributed by atoms with van der Waals surface area (Å²) in [6.07, 6.45) is 7.48. The van der Waals surface area contributed by atoms with Crippen molar-refractivity contribution in [2.75, 3.05) is 26.2 Å². The van der Waals surface area contributed by atoms with Gasteiger partial charge in [0.15, 0.2) is 0 Å². The SMILES string of the molecule is OC1CCCCC1CNC1CN2CCC1CC2. The summed E-state index contributed by atoms with van der Waals surface area (Å²) in [7, 11) is 0. The van der Waals surface area contributed by atoms with Gasteiger partial charge in [-0.05, 0) is 50.6 Å². The first-order chi connectivity index (χ1) is 8.33. The molecule has 4 aliphatic rings. The molecule has 2 bridgehead atoms. The molecule has 0 aromatic carbocycles. The zero-order chi connectivity index (χ0) is 11.7. The number of aliphatic hydroxyl groups excluding tert-OH is 1. The van der Waals surface area contributed by atoms with Crippen LogP contribution < -0.4 is 5.32 Å². The lowest BCUT2D eigenvalue weighted by Gasteiger charge is -2.45. The number of hydrogen-bond donors (Lipinski definition) is 2. The summed E-state index contributed by atoms with van der Waals surface area (Å²) >= 11 is 0. The zero-order valence-electron chi connectivity index (χ0n) is 10.8. The van der Waals surface area contributed by atoms with Crippen molar-refractivity contribution in [1.82, 2.24) is 10.2 Å². The summed E-state index contributed by atoms with van der Waals surface area (Å²) in [5.41, 5.74) is 0. The molecule has 3 heterocycles. The summed E-state index contributed by atoms with van der Waals surface area (Å²) in [4.78, 5) is 2.59. The van der Waals surface area contributed by atoms with E-state index in [0.29, 0.717) is 12.0 Å². The average Bonchev–Trinajstić information content (AvgIpc) is 2.39. The topological polar surface area (TPSA) is 35.5 Å². The first-order valence-electron chi connectivity index (χ1n) is 7.47. The van der Waals surface area contributed by atoms with Crippen molar-refractivity contribution in [1.29, 1.82) is 0 Å². The molecule has 3 heteroatoms. The summed E-state index contributed by atoms with van der Waals surface area (Å²) in [6, 6.07) is 0.701. The van der Waals surface area contributed by atoms with Gasteiger partial charge in [-0.3, -0.25) is 0 Å². The predicted octanol–water partition coefficient (Wildman–Crippen LogP) is 1.22. The molecule has 0 amide bonds. The van der Waals surface area contributed by atoms with Crippen LogP contribution in [0.1, 0.15) is 38.5 Å². The van der Waals surface area contributed by atoms with Crippen molar-refractivity contribution in [2.45, 2.75) is 50.7 Å². The molecule has 3 aliphatic heterocycles. The molecule has 98 valence electrons. The number of hydrogen-bond acceptors (Lipinski definition) is 3. The number of piperidine rings is 3. The van der Waals surface area contributed by atoms with Gasteiger partial charge in [0, 0.05) is 19.1 Å². The number of fused-ring (bicyclic) bond motifs is 3. The van der Waals surface area contributed by atoms with Crippen LogP contribution in [0.5, 0.6) is 0 Å². The fourth-order valence-corrected chi connectivity index (χ4v) is 3.93. The third-order valence-electron chi connectivity index (χ3n) is 5.17. The van der Waals surface area contributed by atoms with Crippen LogP contribution in [0.25, 0.3) is 0 Å². The maximum Gasteiger partial charge on any atom is 0.0580 e.